The smallest absolute Gasteiger partial charge is 0.306 e. The predicted octanol–water partition coefficient (Wildman–Crippen LogP) is 30.6. The minimum Gasteiger partial charge on any atom is -0.466 e. The molecule has 668 valence electrons. The van der Waals surface area contributed by atoms with Crippen molar-refractivity contribution >= 4 is 35.6 Å². The summed E-state index contributed by atoms with van der Waals surface area (Å²) in [5.41, 5.74) is 2.72. The molecule has 12 heteroatoms. The maximum Gasteiger partial charge on any atom is 0.306 e. The number of unbranched alkanes of at least 4 members (excludes halogenated alkanes) is 51. The molecule has 1 fully saturated rings. The van der Waals surface area contributed by atoms with Crippen molar-refractivity contribution in [3.05, 3.63) is 23.3 Å². The first-order valence-corrected chi connectivity index (χ1v) is 50.6. The molecular formula is C102H190N2O10. The molecule has 12 nitrogen and oxygen atoms in total. The molecule has 1 aliphatic heterocycles. The molecule has 1 rings (SSSR count). The summed E-state index contributed by atoms with van der Waals surface area (Å²) in [5, 5.41) is 0. The number of likely N-dealkylation sites (tertiary alicyclic amines) is 1. The van der Waals surface area contributed by atoms with E-state index in [0.717, 1.165) is 276 Å². The normalized spacial score (nSPS) is 12.6. The van der Waals surface area contributed by atoms with Crippen LogP contribution in [0.1, 0.15) is 536 Å². The highest BCUT2D eigenvalue weighted by Crippen LogP contribution is 2.26. The van der Waals surface area contributed by atoms with Gasteiger partial charge in [0.15, 0.2) is 5.78 Å². The van der Waals surface area contributed by atoms with Crippen LogP contribution in [-0.2, 0) is 47.7 Å². The third-order valence-corrected chi connectivity index (χ3v) is 24.2. The van der Waals surface area contributed by atoms with Gasteiger partial charge in [-0.1, -0.05) is 341 Å². The number of allylic oxidation sites excluding steroid dienone is 3. The Balaban J connectivity index is 2.75. The summed E-state index contributed by atoms with van der Waals surface area (Å²) in [6.45, 7) is 19.2. The number of hydrogen-bond acceptors (Lipinski definition) is 11. The number of esters is 4. The highest BCUT2D eigenvalue weighted by Gasteiger charge is 2.21. The molecule has 1 heterocycles. The fraction of sp³-hybridized carbons (Fsp3) is 0.902. The van der Waals surface area contributed by atoms with Gasteiger partial charge < -0.3 is 28.7 Å². The Hall–Kier alpha value is -3.54. The Bertz CT molecular complexity index is 2190. The van der Waals surface area contributed by atoms with E-state index >= 15 is 0 Å². The topological polar surface area (TPSA) is 146 Å². The molecule has 0 aromatic heterocycles. The fourth-order valence-corrected chi connectivity index (χ4v) is 16.5. The molecule has 114 heavy (non-hydrogen) atoms. The number of rotatable bonds is 89. The Labute approximate surface area is 706 Å². The van der Waals surface area contributed by atoms with Gasteiger partial charge in [0.1, 0.15) is 12.2 Å². The van der Waals surface area contributed by atoms with Crippen molar-refractivity contribution < 1.29 is 47.7 Å². The first-order valence-electron chi connectivity index (χ1n) is 50.6. The lowest BCUT2D eigenvalue weighted by atomic mass is 9.97. The van der Waals surface area contributed by atoms with E-state index in [-0.39, 0.29) is 47.8 Å². The first kappa shape index (κ1) is 108. The van der Waals surface area contributed by atoms with Crippen LogP contribution in [-0.4, -0.2) is 104 Å². The lowest BCUT2D eigenvalue weighted by molar-refractivity contribution is -0.151. The Morgan fingerprint density at radius 3 is 0.939 bits per heavy atom. The van der Waals surface area contributed by atoms with Gasteiger partial charge in [0, 0.05) is 51.6 Å². The summed E-state index contributed by atoms with van der Waals surface area (Å²) in [4.78, 5) is 82.8. The Kier molecular flexibility index (Phi) is 81.7. The molecule has 1 saturated heterocycles. The van der Waals surface area contributed by atoms with E-state index in [1.54, 1.807) is 0 Å². The van der Waals surface area contributed by atoms with Crippen molar-refractivity contribution in [2.24, 2.45) is 0 Å². The number of piperidine rings is 1. The zero-order valence-corrected chi connectivity index (χ0v) is 76.7. The zero-order valence-electron chi connectivity index (χ0n) is 76.7. The van der Waals surface area contributed by atoms with Crippen LogP contribution in [0.15, 0.2) is 23.3 Å². The molecule has 0 aromatic carbocycles. The molecular weight excluding hydrogens is 1410 g/mol. The van der Waals surface area contributed by atoms with Crippen molar-refractivity contribution in [1.29, 1.82) is 0 Å². The van der Waals surface area contributed by atoms with E-state index in [0.29, 0.717) is 64.8 Å². The van der Waals surface area contributed by atoms with Crippen LogP contribution in [0.3, 0.4) is 0 Å². The standard InChI is InChI=1S/C102H190N2O10/c1-7-13-19-25-33-50-68-90-111-99(107)79-58-44-32-31-38-52-70-93(71-53-39-35-45-60-81-101(109)113-96(74-54-40-27-21-15-9-3)75-55-41-28-22-16-10-4)72-62-63-73-95(105)92-94-83-88-104(89-84-94)98(106)78-64-67-87-103(85-65-48-36-46-59-80-100(108)112-91-69-51-34-26-20-14-8-2)86-66-49-37-47-61-82-102(110)114-97(76-56-42-29-23-17-11-5)77-57-43-30-24-18-12-6/h70,92,96-97H,7-69,71-91H2,1-6H3/b93-70+. The van der Waals surface area contributed by atoms with Gasteiger partial charge in [-0.15, -0.1) is 0 Å². The second kappa shape index (κ2) is 85.9. The lowest BCUT2D eigenvalue weighted by Gasteiger charge is -2.29. The fourth-order valence-electron chi connectivity index (χ4n) is 16.5. The van der Waals surface area contributed by atoms with Crippen LogP contribution in [0, 0.1) is 0 Å². The summed E-state index contributed by atoms with van der Waals surface area (Å²) >= 11 is 0. The van der Waals surface area contributed by atoms with Crippen molar-refractivity contribution in [2.75, 3.05) is 45.9 Å². The second-order valence-corrected chi connectivity index (χ2v) is 35.3. The van der Waals surface area contributed by atoms with Gasteiger partial charge in [-0.05, 0) is 199 Å². The lowest BCUT2D eigenvalue weighted by Crippen LogP contribution is -2.36. The molecule has 0 atom stereocenters. The number of amides is 1. The van der Waals surface area contributed by atoms with Gasteiger partial charge in [-0.2, -0.15) is 0 Å². The van der Waals surface area contributed by atoms with Crippen molar-refractivity contribution in [3.8, 4) is 0 Å². The number of carbonyl (C=O) groups is 6. The van der Waals surface area contributed by atoms with Crippen molar-refractivity contribution in [1.82, 2.24) is 9.80 Å². The average Bonchev–Trinajstić information content (AvgIpc) is 0.880. The number of ketones is 1. The molecule has 0 radical (unpaired) electrons. The SMILES string of the molecule is CCCCCCCCCOC(=O)CCCCCCC/C=C(\CCCCCCCC(=O)OC(CCCCCCCC)CCCCCCCC)CCCCC(=O)C=C1CCN(C(=O)CCCCN(CCCCCCCC(=O)OCCCCCCCCC)CCCCCCCC(=O)OC(CCCCCCCC)CCCCCCCC)CC1. The summed E-state index contributed by atoms with van der Waals surface area (Å²) < 4.78 is 23.4. The molecule has 0 N–H and O–H groups in total. The number of carbonyl (C=O) groups excluding carboxylic acids is 6. The predicted molar refractivity (Wildman–Crippen MR) is 485 cm³/mol. The van der Waals surface area contributed by atoms with E-state index in [9.17, 15) is 28.8 Å². The number of nitrogens with zero attached hydrogens (tertiary/aromatic N) is 2. The highest BCUT2D eigenvalue weighted by molar-refractivity contribution is 5.90. The van der Waals surface area contributed by atoms with Crippen molar-refractivity contribution in [2.45, 2.75) is 548 Å². The minimum absolute atomic E-state index is 0.00387. The average molecular weight is 1600 g/mol. The van der Waals surface area contributed by atoms with Crippen molar-refractivity contribution in [3.63, 3.8) is 0 Å². The molecule has 1 aliphatic rings. The Morgan fingerprint density at radius 1 is 0.298 bits per heavy atom. The van der Waals surface area contributed by atoms with E-state index in [1.807, 2.05) is 11.0 Å². The van der Waals surface area contributed by atoms with Crippen LogP contribution in [0.2, 0.25) is 0 Å². The third-order valence-electron chi connectivity index (χ3n) is 24.2. The molecule has 0 aromatic rings. The van der Waals surface area contributed by atoms with Gasteiger partial charge in [-0.3, -0.25) is 28.8 Å². The number of ether oxygens (including phenoxy) is 4. The summed E-state index contributed by atoms with van der Waals surface area (Å²) in [5.74, 6) is 0.397. The molecule has 0 unspecified atom stereocenters. The van der Waals surface area contributed by atoms with Crippen LogP contribution >= 0.6 is 0 Å². The van der Waals surface area contributed by atoms with Gasteiger partial charge in [0.2, 0.25) is 5.91 Å². The second-order valence-electron chi connectivity index (χ2n) is 35.3. The Morgan fingerprint density at radius 2 is 0.570 bits per heavy atom. The van der Waals surface area contributed by atoms with Gasteiger partial charge >= 0.3 is 23.9 Å². The van der Waals surface area contributed by atoms with Crippen LogP contribution < -0.4 is 0 Å². The summed E-state index contributed by atoms with van der Waals surface area (Å²) in [6.07, 6.45) is 89.5. The van der Waals surface area contributed by atoms with Crippen LogP contribution in [0.5, 0.6) is 0 Å². The first-order chi connectivity index (χ1) is 56.0. The van der Waals surface area contributed by atoms with Crippen LogP contribution in [0.4, 0.5) is 0 Å². The largest absolute Gasteiger partial charge is 0.466 e. The zero-order chi connectivity index (χ0) is 82.6. The summed E-state index contributed by atoms with van der Waals surface area (Å²) in [7, 11) is 0. The third kappa shape index (κ3) is 74.7. The molecule has 0 aliphatic carbocycles. The van der Waals surface area contributed by atoms with E-state index in [1.165, 1.54) is 210 Å². The summed E-state index contributed by atoms with van der Waals surface area (Å²) in [6, 6.07) is 0. The molecule has 0 spiro atoms. The van der Waals surface area contributed by atoms with E-state index in [4.69, 9.17) is 18.9 Å². The highest BCUT2D eigenvalue weighted by atomic mass is 16.6. The van der Waals surface area contributed by atoms with Gasteiger partial charge in [-0.25, -0.2) is 0 Å². The molecule has 1 amide bonds. The molecule has 0 bridgehead atoms. The van der Waals surface area contributed by atoms with E-state index < -0.39 is 0 Å². The minimum atomic E-state index is -0.0411. The maximum atomic E-state index is 13.6. The van der Waals surface area contributed by atoms with E-state index in [2.05, 4.69) is 52.5 Å². The van der Waals surface area contributed by atoms with Crippen LogP contribution in [0.25, 0.3) is 0 Å². The van der Waals surface area contributed by atoms with Gasteiger partial charge in [0.05, 0.1) is 13.2 Å². The molecule has 0 saturated carbocycles. The maximum absolute atomic E-state index is 13.6. The van der Waals surface area contributed by atoms with Gasteiger partial charge in [0.25, 0.3) is 0 Å². The monoisotopic (exact) mass is 1600 g/mol. The number of hydrogen-bond donors (Lipinski definition) is 0. The quantitative estimate of drug-likeness (QED) is 0.0189.